The van der Waals surface area contributed by atoms with Crippen molar-refractivity contribution in [3.8, 4) is 0 Å². The van der Waals surface area contributed by atoms with Gasteiger partial charge < -0.3 is 50.5 Å². The maximum Gasteiger partial charge on any atom is 0.186 e. The first kappa shape index (κ1) is 20.6. The van der Waals surface area contributed by atoms with Crippen molar-refractivity contribution < 1.29 is 45.2 Å². The van der Waals surface area contributed by atoms with E-state index in [4.69, 9.17) is 29.9 Å². The molecule has 0 saturated carbocycles. The van der Waals surface area contributed by atoms with Crippen molar-refractivity contribution in [3.05, 3.63) is 0 Å². The monoisotopic (exact) mass is 341 g/mol. The van der Waals surface area contributed by atoms with E-state index >= 15 is 0 Å². The van der Waals surface area contributed by atoms with Crippen LogP contribution in [0.15, 0.2) is 0 Å². The molecule has 8 N–H and O–H groups in total. The molecule has 0 aromatic rings. The largest absolute Gasteiger partial charge is 0.394 e. The first-order valence-electron chi connectivity index (χ1n) is 7.44. The van der Waals surface area contributed by atoms with Gasteiger partial charge in [0, 0.05) is 0 Å². The summed E-state index contributed by atoms with van der Waals surface area (Å²) in [5, 5.41) is 68.3. The zero-order valence-electron chi connectivity index (χ0n) is 12.8. The van der Waals surface area contributed by atoms with E-state index in [9.17, 15) is 15.3 Å². The van der Waals surface area contributed by atoms with E-state index in [0.717, 1.165) is 0 Å². The average molecular weight is 341 g/mol. The zero-order valence-corrected chi connectivity index (χ0v) is 12.8. The maximum absolute atomic E-state index is 9.76. The van der Waals surface area contributed by atoms with Crippen LogP contribution in [0.25, 0.3) is 0 Å². The number of aliphatic hydroxyl groups excluding tert-OH is 7. The van der Waals surface area contributed by atoms with Crippen molar-refractivity contribution in [2.24, 2.45) is 0 Å². The molecule has 0 aromatic carbocycles. The van der Waals surface area contributed by atoms with E-state index in [0.29, 0.717) is 13.0 Å². The lowest BCUT2D eigenvalue weighted by atomic mass is 9.99. The highest BCUT2D eigenvalue weighted by Crippen LogP contribution is 2.21. The summed E-state index contributed by atoms with van der Waals surface area (Å²) in [5.74, 6) is 0. The van der Waals surface area contributed by atoms with Crippen molar-refractivity contribution in [2.45, 2.75) is 42.7 Å². The van der Waals surface area contributed by atoms with Gasteiger partial charge in [0.05, 0.1) is 38.6 Å². The number of hydrogen-bond acceptors (Lipinski definition) is 10. The summed E-state index contributed by atoms with van der Waals surface area (Å²) >= 11 is 0. The van der Waals surface area contributed by atoms with Crippen LogP contribution in [0.5, 0.6) is 0 Å². The molecule has 1 fully saturated rings. The second kappa shape index (κ2) is 9.79. The van der Waals surface area contributed by atoms with Gasteiger partial charge in [0.2, 0.25) is 0 Å². The van der Waals surface area contributed by atoms with Gasteiger partial charge in [-0.15, -0.1) is 0 Å². The average Bonchev–Trinajstić information content (AvgIpc) is 2.58. The molecule has 10 nitrogen and oxygen atoms in total. The van der Waals surface area contributed by atoms with Gasteiger partial charge in [-0.05, 0) is 13.0 Å². The molecule has 5 atom stereocenters. The molecule has 0 spiro atoms. The topological polar surface area (TPSA) is 172 Å². The van der Waals surface area contributed by atoms with Crippen LogP contribution in [0.4, 0.5) is 0 Å². The molecule has 23 heavy (non-hydrogen) atoms. The first-order valence-corrected chi connectivity index (χ1v) is 7.44. The van der Waals surface area contributed by atoms with Gasteiger partial charge in [-0.2, -0.15) is 0 Å². The van der Waals surface area contributed by atoms with Gasteiger partial charge in [0.25, 0.3) is 0 Å². The zero-order chi connectivity index (χ0) is 17.5. The Labute approximate surface area is 133 Å². The molecule has 3 unspecified atom stereocenters. The standard InChI is InChI=1S/C13H27NO9/c15-4-8-9(19)10(20)11(21)12(23-8)22-3-1-2-14-13(5-16,6-17)7-18/h8-12,14-21H,1-7H2/t8?,9-,10?,11?,12+/m0/s1. The van der Waals surface area contributed by atoms with Gasteiger partial charge >= 0.3 is 0 Å². The normalized spacial score (nSPS) is 32.2. The van der Waals surface area contributed by atoms with Crippen molar-refractivity contribution >= 4 is 0 Å². The fourth-order valence-corrected chi connectivity index (χ4v) is 2.15. The Hall–Kier alpha value is -0.400. The maximum atomic E-state index is 9.76. The number of rotatable bonds is 10. The molecule has 0 aromatic heterocycles. The number of hydrogen-bond donors (Lipinski definition) is 8. The number of ether oxygens (including phenoxy) is 2. The van der Waals surface area contributed by atoms with E-state index in [1.807, 2.05) is 0 Å². The van der Waals surface area contributed by atoms with Gasteiger partial charge in [0.1, 0.15) is 24.4 Å². The van der Waals surface area contributed by atoms with Crippen LogP contribution >= 0.6 is 0 Å². The third kappa shape index (κ3) is 5.29. The fourth-order valence-electron chi connectivity index (χ4n) is 2.15. The Morgan fingerprint density at radius 2 is 1.52 bits per heavy atom. The molecule has 0 radical (unpaired) electrons. The summed E-state index contributed by atoms with van der Waals surface area (Å²) in [6.07, 6.45) is -6.19. The fraction of sp³-hybridized carbons (Fsp3) is 1.00. The van der Waals surface area contributed by atoms with Crippen LogP contribution < -0.4 is 5.32 Å². The van der Waals surface area contributed by atoms with E-state index in [2.05, 4.69) is 5.32 Å². The predicted molar refractivity (Wildman–Crippen MR) is 76.3 cm³/mol. The van der Waals surface area contributed by atoms with Crippen molar-refractivity contribution in [3.63, 3.8) is 0 Å². The molecule has 1 aliphatic rings. The van der Waals surface area contributed by atoms with Crippen molar-refractivity contribution in [1.29, 1.82) is 0 Å². The molecular weight excluding hydrogens is 314 g/mol. The molecule has 10 heteroatoms. The summed E-state index contributed by atoms with van der Waals surface area (Å²) in [6.45, 7) is -1.43. The molecule has 0 aliphatic carbocycles. The molecule has 1 heterocycles. The molecule has 1 rings (SSSR count). The van der Waals surface area contributed by atoms with E-state index in [-0.39, 0.29) is 6.61 Å². The van der Waals surface area contributed by atoms with Gasteiger partial charge in [-0.3, -0.25) is 0 Å². The smallest absolute Gasteiger partial charge is 0.186 e. The Bertz CT molecular complexity index is 318. The Kier molecular flexibility index (Phi) is 8.79. The minimum Gasteiger partial charge on any atom is -0.394 e. The summed E-state index contributed by atoms with van der Waals surface area (Å²) in [6, 6.07) is 0. The van der Waals surface area contributed by atoms with E-state index in [1.54, 1.807) is 0 Å². The van der Waals surface area contributed by atoms with Crippen LogP contribution in [-0.4, -0.2) is 112 Å². The molecular formula is C13H27NO9. The molecule has 1 aliphatic heterocycles. The minimum absolute atomic E-state index is 0.105. The predicted octanol–water partition coefficient (Wildman–Crippen LogP) is -4.50. The summed E-state index contributed by atoms with van der Waals surface area (Å²) < 4.78 is 10.4. The van der Waals surface area contributed by atoms with Gasteiger partial charge in [-0.1, -0.05) is 0 Å². The highest BCUT2D eigenvalue weighted by atomic mass is 16.7. The van der Waals surface area contributed by atoms with Crippen LogP contribution in [0, 0.1) is 0 Å². The van der Waals surface area contributed by atoms with Gasteiger partial charge in [0.15, 0.2) is 6.29 Å². The molecule has 138 valence electrons. The number of nitrogens with one attached hydrogen (secondary N) is 1. The second-order valence-corrected chi connectivity index (χ2v) is 5.60. The van der Waals surface area contributed by atoms with Crippen LogP contribution in [0.1, 0.15) is 6.42 Å². The third-order valence-electron chi connectivity index (χ3n) is 3.86. The lowest BCUT2D eigenvalue weighted by Crippen LogP contribution is -2.59. The quantitative estimate of drug-likeness (QED) is 0.181. The van der Waals surface area contributed by atoms with E-state index < -0.39 is 62.7 Å². The van der Waals surface area contributed by atoms with Crippen LogP contribution in [-0.2, 0) is 9.47 Å². The van der Waals surface area contributed by atoms with Crippen molar-refractivity contribution in [2.75, 3.05) is 39.6 Å². The summed E-state index contributed by atoms with van der Waals surface area (Å²) in [7, 11) is 0. The van der Waals surface area contributed by atoms with Crippen LogP contribution in [0.3, 0.4) is 0 Å². The molecule has 1 saturated heterocycles. The van der Waals surface area contributed by atoms with Crippen molar-refractivity contribution in [1.82, 2.24) is 5.32 Å². The van der Waals surface area contributed by atoms with Gasteiger partial charge in [-0.25, -0.2) is 0 Å². The molecule has 0 bridgehead atoms. The lowest BCUT2D eigenvalue weighted by molar-refractivity contribution is -0.301. The second-order valence-electron chi connectivity index (χ2n) is 5.60. The number of aliphatic hydroxyl groups is 7. The summed E-state index contributed by atoms with van der Waals surface area (Å²) in [5.41, 5.74) is -1.18. The SMILES string of the molecule is OCC1O[C@@H](OCCCNC(CO)(CO)CO)C(O)C(O)[C@H]1O. The lowest BCUT2D eigenvalue weighted by Gasteiger charge is -2.39. The Morgan fingerprint density at radius 1 is 0.913 bits per heavy atom. The minimum atomic E-state index is -1.49. The van der Waals surface area contributed by atoms with Crippen LogP contribution in [0.2, 0.25) is 0 Å². The highest BCUT2D eigenvalue weighted by Gasteiger charge is 2.43. The Balaban J connectivity index is 2.35. The first-order chi connectivity index (χ1) is 10.9. The van der Waals surface area contributed by atoms with E-state index in [1.165, 1.54) is 0 Å². The molecule has 0 amide bonds. The summed E-state index contributed by atoms with van der Waals surface area (Å²) in [4.78, 5) is 0. The Morgan fingerprint density at radius 3 is 2.04 bits per heavy atom. The highest BCUT2D eigenvalue weighted by molar-refractivity contribution is 4.89. The third-order valence-corrected chi connectivity index (χ3v) is 3.86.